The zero-order valence-electron chi connectivity index (χ0n) is 17.2. The van der Waals surface area contributed by atoms with Gasteiger partial charge in [-0.15, -0.1) is 0 Å². The molecule has 2 rings (SSSR count). The molecular weight excluding hydrogens is 415 g/mol. The number of hydrogen-bond donors (Lipinski definition) is 1. The van der Waals surface area contributed by atoms with Crippen LogP contribution in [0.15, 0.2) is 41.5 Å². The number of unbranched alkanes of at least 4 members (excludes halogenated alkanes) is 3. The van der Waals surface area contributed by atoms with Crippen molar-refractivity contribution in [1.29, 1.82) is 0 Å². The lowest BCUT2D eigenvalue weighted by atomic mass is 10.1. The second kappa shape index (κ2) is 11.2. The van der Waals surface area contributed by atoms with Gasteiger partial charge in [-0.1, -0.05) is 26.2 Å². The van der Waals surface area contributed by atoms with Crippen LogP contribution in [0.25, 0.3) is 0 Å². The molecule has 0 radical (unpaired) electrons. The Balaban J connectivity index is 2.13. The smallest absolute Gasteiger partial charge is 0.416 e. The van der Waals surface area contributed by atoms with E-state index in [1.807, 2.05) is 0 Å². The Kier molecular flexibility index (Phi) is 8.65. The Labute approximate surface area is 178 Å². The molecule has 0 aliphatic heterocycles. The van der Waals surface area contributed by atoms with Crippen molar-refractivity contribution in [2.24, 2.45) is 5.10 Å². The van der Waals surface area contributed by atoms with Crippen molar-refractivity contribution < 1.29 is 27.6 Å². The Morgan fingerprint density at radius 2 is 1.87 bits per heavy atom. The van der Waals surface area contributed by atoms with Crippen molar-refractivity contribution in [1.82, 2.24) is 0 Å². The molecule has 0 atom stereocenters. The minimum atomic E-state index is -4.42. The van der Waals surface area contributed by atoms with Gasteiger partial charge in [-0.2, -0.15) is 18.3 Å². The van der Waals surface area contributed by atoms with Gasteiger partial charge in [-0.3, -0.25) is 15.5 Å². The summed E-state index contributed by atoms with van der Waals surface area (Å²) in [5, 5.41) is 15.4. The number of rotatable bonds is 11. The summed E-state index contributed by atoms with van der Waals surface area (Å²) in [5.74, 6) is 0.248. The summed E-state index contributed by atoms with van der Waals surface area (Å²) in [4.78, 5) is 10.9. The predicted octanol–water partition coefficient (Wildman–Crippen LogP) is 6.03. The van der Waals surface area contributed by atoms with Gasteiger partial charge >= 0.3 is 11.9 Å². The van der Waals surface area contributed by atoms with Crippen molar-refractivity contribution in [3.8, 4) is 11.5 Å². The summed E-state index contributed by atoms with van der Waals surface area (Å²) in [6, 6.07) is 7.15. The van der Waals surface area contributed by atoms with E-state index in [9.17, 15) is 23.3 Å². The molecule has 0 heterocycles. The maximum absolute atomic E-state index is 12.6. The van der Waals surface area contributed by atoms with Crippen LogP contribution in [0.2, 0.25) is 0 Å². The van der Waals surface area contributed by atoms with E-state index in [4.69, 9.17) is 9.47 Å². The van der Waals surface area contributed by atoms with Gasteiger partial charge in [-0.05, 0) is 36.8 Å². The van der Waals surface area contributed by atoms with Crippen LogP contribution in [0.5, 0.6) is 11.5 Å². The molecule has 0 fully saturated rings. The number of hydrogen-bond acceptors (Lipinski definition) is 6. The number of nitro groups is 1. The summed E-state index contributed by atoms with van der Waals surface area (Å²) < 4.78 is 48.7. The van der Waals surface area contributed by atoms with Crippen LogP contribution in [0.4, 0.5) is 24.5 Å². The van der Waals surface area contributed by atoms with E-state index in [0.717, 1.165) is 37.8 Å². The Morgan fingerprint density at radius 1 is 1.16 bits per heavy atom. The average Bonchev–Trinajstić information content (AvgIpc) is 2.73. The zero-order valence-corrected chi connectivity index (χ0v) is 17.2. The lowest BCUT2D eigenvalue weighted by Gasteiger charge is -2.12. The molecule has 7 nitrogen and oxygen atoms in total. The van der Waals surface area contributed by atoms with Crippen LogP contribution in [0.3, 0.4) is 0 Å². The minimum Gasteiger partial charge on any atom is -0.493 e. The molecule has 2 aromatic carbocycles. The first-order valence-electron chi connectivity index (χ1n) is 9.71. The van der Waals surface area contributed by atoms with E-state index in [0.29, 0.717) is 17.9 Å². The summed E-state index contributed by atoms with van der Waals surface area (Å²) in [6.45, 7) is 2.42. The number of ether oxygens (including phenoxy) is 2. The summed E-state index contributed by atoms with van der Waals surface area (Å²) in [5.41, 5.74) is 2.25. The quantitative estimate of drug-likeness (QED) is 0.200. The first kappa shape index (κ1) is 24.0. The molecule has 0 saturated carbocycles. The fourth-order valence-electron chi connectivity index (χ4n) is 2.73. The van der Waals surface area contributed by atoms with Crippen molar-refractivity contribution in [2.75, 3.05) is 19.1 Å². The van der Waals surface area contributed by atoms with Crippen LogP contribution in [-0.4, -0.2) is 24.9 Å². The third-order valence-electron chi connectivity index (χ3n) is 4.34. The number of methoxy groups -OCH3 is 1. The molecule has 0 saturated heterocycles. The summed E-state index contributed by atoms with van der Waals surface area (Å²) in [7, 11) is 1.38. The number of alkyl halides is 3. The molecular formula is C21H24F3N3O4. The lowest BCUT2D eigenvalue weighted by molar-refractivity contribution is -0.386. The second-order valence-corrected chi connectivity index (χ2v) is 6.68. The summed E-state index contributed by atoms with van der Waals surface area (Å²) in [6.07, 6.45) is 0.749. The van der Waals surface area contributed by atoms with E-state index < -0.39 is 16.7 Å². The minimum absolute atomic E-state index is 0.0526. The molecule has 0 bridgehead atoms. The highest BCUT2D eigenvalue weighted by Crippen LogP contribution is 2.38. The van der Waals surface area contributed by atoms with E-state index in [2.05, 4.69) is 17.5 Å². The van der Waals surface area contributed by atoms with Crippen LogP contribution in [0.1, 0.15) is 43.7 Å². The van der Waals surface area contributed by atoms with Gasteiger partial charge in [0.05, 0.1) is 36.1 Å². The first-order valence-corrected chi connectivity index (χ1v) is 9.71. The molecule has 0 aliphatic rings. The molecule has 0 aliphatic carbocycles. The van der Waals surface area contributed by atoms with Gasteiger partial charge in [0, 0.05) is 11.6 Å². The number of hydrazone groups is 1. The Morgan fingerprint density at radius 3 is 2.45 bits per heavy atom. The molecule has 0 aromatic heterocycles. The van der Waals surface area contributed by atoms with Crippen LogP contribution in [0, 0.1) is 10.1 Å². The van der Waals surface area contributed by atoms with Gasteiger partial charge in [0.1, 0.15) is 0 Å². The third-order valence-corrected chi connectivity index (χ3v) is 4.34. The van der Waals surface area contributed by atoms with Gasteiger partial charge in [-0.25, -0.2) is 0 Å². The number of halogens is 3. The number of nitro benzene ring substituents is 1. The van der Waals surface area contributed by atoms with Crippen molar-refractivity contribution in [3.63, 3.8) is 0 Å². The molecule has 168 valence electrons. The SMILES string of the molecule is CCCCCCOc1c(OC)cc(C=NNc2ccc(C(F)(F)F)cc2)cc1[N+](=O)[O-]. The van der Waals surface area contributed by atoms with Crippen molar-refractivity contribution in [2.45, 2.75) is 38.8 Å². The molecule has 1 N–H and O–H groups in total. The van der Waals surface area contributed by atoms with Gasteiger partial charge in [0.25, 0.3) is 0 Å². The van der Waals surface area contributed by atoms with Crippen LogP contribution < -0.4 is 14.9 Å². The van der Waals surface area contributed by atoms with E-state index in [-0.39, 0.29) is 17.2 Å². The van der Waals surface area contributed by atoms with Gasteiger partial charge in [0.2, 0.25) is 5.75 Å². The number of anilines is 1. The highest BCUT2D eigenvalue weighted by atomic mass is 19.4. The maximum Gasteiger partial charge on any atom is 0.416 e. The number of nitrogens with one attached hydrogen (secondary N) is 1. The van der Waals surface area contributed by atoms with E-state index >= 15 is 0 Å². The topological polar surface area (TPSA) is 86.0 Å². The fourth-order valence-corrected chi connectivity index (χ4v) is 2.73. The lowest BCUT2D eigenvalue weighted by Crippen LogP contribution is -2.04. The fraction of sp³-hybridized carbons (Fsp3) is 0.381. The predicted molar refractivity (Wildman–Crippen MR) is 112 cm³/mol. The molecule has 10 heteroatoms. The van der Waals surface area contributed by atoms with E-state index in [1.165, 1.54) is 37.6 Å². The Bertz CT molecular complexity index is 900. The molecule has 0 amide bonds. The van der Waals surface area contributed by atoms with E-state index in [1.54, 1.807) is 0 Å². The zero-order chi connectivity index (χ0) is 22.9. The van der Waals surface area contributed by atoms with Crippen LogP contribution in [-0.2, 0) is 6.18 Å². The summed E-state index contributed by atoms with van der Waals surface area (Å²) >= 11 is 0. The maximum atomic E-state index is 12.6. The largest absolute Gasteiger partial charge is 0.493 e. The van der Waals surface area contributed by atoms with Crippen LogP contribution >= 0.6 is 0 Å². The second-order valence-electron chi connectivity index (χ2n) is 6.68. The standard InChI is InChI=1S/C21H24F3N3O4/c1-3-4-5-6-11-31-20-18(27(28)29)12-15(13-19(20)30-2)14-25-26-17-9-7-16(8-10-17)21(22,23)24/h7-10,12-14,26H,3-6,11H2,1-2H3. The normalized spacial score (nSPS) is 11.5. The first-order chi connectivity index (χ1) is 14.8. The van der Waals surface area contributed by atoms with Crippen molar-refractivity contribution in [3.05, 3.63) is 57.6 Å². The monoisotopic (exact) mass is 439 g/mol. The highest BCUT2D eigenvalue weighted by molar-refractivity contribution is 5.83. The molecule has 31 heavy (non-hydrogen) atoms. The molecule has 0 spiro atoms. The number of benzene rings is 2. The number of nitrogens with zero attached hydrogens (tertiary/aromatic N) is 2. The molecule has 2 aromatic rings. The highest BCUT2D eigenvalue weighted by Gasteiger charge is 2.29. The van der Waals surface area contributed by atoms with Crippen molar-refractivity contribution >= 4 is 17.6 Å². The Hall–Kier alpha value is -3.30. The average molecular weight is 439 g/mol. The van der Waals surface area contributed by atoms with Gasteiger partial charge < -0.3 is 9.47 Å². The molecule has 0 unspecified atom stereocenters. The third kappa shape index (κ3) is 7.16. The van der Waals surface area contributed by atoms with Gasteiger partial charge in [0.15, 0.2) is 5.75 Å².